The largest absolute Gasteiger partial charge is 0.306 e. The van der Waals surface area contributed by atoms with Crippen LogP contribution in [0.3, 0.4) is 0 Å². The molecule has 5 aromatic rings. The van der Waals surface area contributed by atoms with Gasteiger partial charge >= 0.3 is 0 Å². The van der Waals surface area contributed by atoms with Crippen LogP contribution in [-0.4, -0.2) is 4.92 Å². The molecule has 9 rings (SSSR count). The first kappa shape index (κ1) is 26.8. The van der Waals surface area contributed by atoms with Crippen LogP contribution in [0.15, 0.2) is 134 Å². The molecule has 0 spiro atoms. The third-order valence-electron chi connectivity index (χ3n) is 9.66. The van der Waals surface area contributed by atoms with E-state index in [4.69, 9.17) is 0 Å². The Bertz CT molecular complexity index is 2130. The average molecular weight is 621 g/mol. The molecule has 4 aliphatic rings. The number of fused-ring (bicyclic) bond motifs is 6. The summed E-state index contributed by atoms with van der Waals surface area (Å²) in [5.41, 5.74) is 12.4. The van der Waals surface area contributed by atoms with Crippen LogP contribution in [0.4, 0.5) is 22.7 Å². The molecule has 2 aliphatic carbocycles. The maximum atomic E-state index is 12.6. The zero-order valence-electron chi connectivity index (χ0n) is 24.8. The summed E-state index contributed by atoms with van der Waals surface area (Å²) < 4.78 is 0. The van der Waals surface area contributed by atoms with Crippen molar-refractivity contribution in [1.29, 1.82) is 0 Å². The molecule has 0 unspecified atom stereocenters. The van der Waals surface area contributed by atoms with Crippen molar-refractivity contribution in [3.63, 3.8) is 0 Å². The molecule has 0 bridgehead atoms. The lowest BCUT2D eigenvalue weighted by atomic mass is 9.78. The summed E-state index contributed by atoms with van der Waals surface area (Å²) >= 11 is 3.47. The number of rotatable bonds is 3. The van der Waals surface area contributed by atoms with Gasteiger partial charge in [0, 0.05) is 31.1 Å². The van der Waals surface area contributed by atoms with E-state index in [0.717, 1.165) is 56.4 Å². The van der Waals surface area contributed by atoms with Crippen molar-refractivity contribution in [3.8, 4) is 22.3 Å². The highest BCUT2D eigenvalue weighted by molar-refractivity contribution is 8.00. The normalized spacial score (nSPS) is 16.4. The highest BCUT2D eigenvalue weighted by Crippen LogP contribution is 2.61. The molecule has 0 saturated carbocycles. The quantitative estimate of drug-likeness (QED) is 0.145. The number of nitro groups is 1. The summed E-state index contributed by atoms with van der Waals surface area (Å²) in [6.07, 6.45) is 6.69. The summed E-state index contributed by atoms with van der Waals surface area (Å²) in [7, 11) is 0. The number of anilines is 3. The Balaban J connectivity index is 1.16. The Morgan fingerprint density at radius 3 is 2.02 bits per heavy atom. The molecule has 0 N–H and O–H groups in total. The van der Waals surface area contributed by atoms with Gasteiger partial charge in [0.25, 0.3) is 5.69 Å². The minimum absolute atomic E-state index is 0.0533. The van der Waals surface area contributed by atoms with Crippen molar-refractivity contribution < 1.29 is 4.92 Å². The highest BCUT2D eigenvalue weighted by Gasteiger charge is 2.38. The van der Waals surface area contributed by atoms with E-state index in [1.54, 1.807) is 29.6 Å². The molecular formula is C39H28N2O2S2. The van der Waals surface area contributed by atoms with Gasteiger partial charge in [0.1, 0.15) is 0 Å². The van der Waals surface area contributed by atoms with Crippen molar-refractivity contribution >= 4 is 51.8 Å². The number of hydrogen-bond acceptors (Lipinski definition) is 5. The lowest BCUT2D eigenvalue weighted by Crippen LogP contribution is -2.19. The van der Waals surface area contributed by atoms with Gasteiger partial charge < -0.3 is 4.90 Å². The molecule has 0 fully saturated rings. The summed E-state index contributed by atoms with van der Waals surface area (Å²) in [4.78, 5) is 19.3. The fraction of sp³-hybridized carbons (Fsp3) is 0.128. The number of benzene rings is 5. The first-order valence-electron chi connectivity index (χ1n) is 15.2. The third-order valence-corrected chi connectivity index (χ3v) is 11.9. The lowest BCUT2D eigenvalue weighted by molar-refractivity contribution is -0.384. The molecule has 0 aromatic heterocycles. The van der Waals surface area contributed by atoms with Crippen LogP contribution >= 0.6 is 23.5 Å². The summed E-state index contributed by atoms with van der Waals surface area (Å²) in [6, 6.07) is 33.5. The van der Waals surface area contributed by atoms with Gasteiger partial charge in [-0.3, -0.25) is 10.1 Å². The lowest BCUT2D eigenvalue weighted by Gasteiger charge is -2.38. The van der Waals surface area contributed by atoms with Crippen molar-refractivity contribution in [2.75, 3.05) is 4.90 Å². The predicted molar refractivity (Wildman–Crippen MR) is 185 cm³/mol. The molecule has 218 valence electrons. The SMILES string of the molecule is CC1(C)C2=C(C=CCC2)c2ccc(-c3ccc(-c4cc5c6c(c4)Sc4ccccc4N6c4ccccc4S5)c([N+](=O)[O-])c3)cc21. The van der Waals surface area contributed by atoms with Crippen LogP contribution in [0.1, 0.15) is 37.8 Å². The van der Waals surface area contributed by atoms with Crippen LogP contribution in [0.25, 0.3) is 27.8 Å². The minimum Gasteiger partial charge on any atom is -0.306 e. The maximum Gasteiger partial charge on any atom is 0.277 e. The molecule has 4 nitrogen and oxygen atoms in total. The minimum atomic E-state index is -0.233. The van der Waals surface area contributed by atoms with Gasteiger partial charge in [0.05, 0.1) is 27.5 Å². The van der Waals surface area contributed by atoms with E-state index in [0.29, 0.717) is 5.56 Å². The van der Waals surface area contributed by atoms with Gasteiger partial charge in [-0.1, -0.05) is 97.6 Å². The molecule has 0 radical (unpaired) electrons. The Morgan fingerprint density at radius 1 is 0.733 bits per heavy atom. The number of nitrogens with zero attached hydrogens (tertiary/aromatic N) is 2. The van der Waals surface area contributed by atoms with Gasteiger partial charge in [-0.15, -0.1) is 0 Å². The van der Waals surface area contributed by atoms with E-state index in [-0.39, 0.29) is 16.0 Å². The second-order valence-electron chi connectivity index (χ2n) is 12.5. The monoisotopic (exact) mass is 620 g/mol. The van der Waals surface area contributed by atoms with Crippen molar-refractivity contribution in [2.24, 2.45) is 0 Å². The molecule has 2 aliphatic heterocycles. The predicted octanol–water partition coefficient (Wildman–Crippen LogP) is 11.7. The number of hydrogen-bond donors (Lipinski definition) is 0. The molecule has 5 aromatic carbocycles. The molecule has 6 heteroatoms. The van der Waals surface area contributed by atoms with Crippen molar-refractivity contribution in [2.45, 2.75) is 51.7 Å². The van der Waals surface area contributed by atoms with Gasteiger partial charge in [-0.2, -0.15) is 0 Å². The van der Waals surface area contributed by atoms with Crippen LogP contribution in [0, 0.1) is 10.1 Å². The fourth-order valence-electron chi connectivity index (χ4n) is 7.49. The van der Waals surface area contributed by atoms with Crippen LogP contribution in [0.5, 0.6) is 0 Å². The molecule has 2 heterocycles. The summed E-state index contributed by atoms with van der Waals surface area (Å²) in [5.74, 6) is 0. The number of para-hydroxylation sites is 2. The molecule has 0 amide bonds. The third kappa shape index (κ3) is 3.95. The van der Waals surface area contributed by atoms with Crippen LogP contribution < -0.4 is 4.90 Å². The van der Waals surface area contributed by atoms with Crippen molar-refractivity contribution in [3.05, 3.63) is 136 Å². The maximum absolute atomic E-state index is 12.6. The van der Waals surface area contributed by atoms with Gasteiger partial charge in [-0.05, 0) is 94.8 Å². The van der Waals surface area contributed by atoms with E-state index < -0.39 is 0 Å². The van der Waals surface area contributed by atoms with Gasteiger partial charge in [0.15, 0.2) is 0 Å². The number of nitro benzene ring substituents is 1. The van der Waals surface area contributed by atoms with E-state index in [1.165, 1.54) is 32.1 Å². The Hall–Kier alpha value is -4.52. The van der Waals surface area contributed by atoms with Crippen LogP contribution in [0.2, 0.25) is 0 Å². The molecule has 0 saturated heterocycles. The zero-order valence-corrected chi connectivity index (χ0v) is 26.5. The second-order valence-corrected chi connectivity index (χ2v) is 14.7. The standard InChI is InChI=1S/C39H28N2O2S2/c1-39(2)29-10-4-3-9-27(29)28-18-16-23(19-30(28)39)24-15-17-26(33(20-24)41(42)43)25-21-36-38-37(22-25)45-35-14-8-6-12-32(35)40(38)31-11-5-7-13-34(31)44-36/h3,5-9,11-22H,4,10H2,1-2H3. The van der Waals surface area contributed by atoms with Gasteiger partial charge in [-0.25, -0.2) is 0 Å². The number of allylic oxidation sites excluding steroid dienone is 4. The fourth-order valence-corrected chi connectivity index (χ4v) is 9.82. The smallest absolute Gasteiger partial charge is 0.277 e. The van der Waals surface area contributed by atoms with Crippen LogP contribution in [-0.2, 0) is 5.41 Å². The zero-order chi connectivity index (χ0) is 30.4. The Kier molecular flexibility index (Phi) is 5.81. The van der Waals surface area contributed by atoms with E-state index in [1.807, 2.05) is 12.1 Å². The summed E-state index contributed by atoms with van der Waals surface area (Å²) in [5, 5.41) is 12.6. The molecular weight excluding hydrogens is 593 g/mol. The van der Waals surface area contributed by atoms with E-state index in [9.17, 15) is 10.1 Å². The Morgan fingerprint density at radius 2 is 1.36 bits per heavy atom. The second kappa shape index (κ2) is 9.74. The first-order valence-corrected chi connectivity index (χ1v) is 16.9. The average Bonchev–Trinajstić information content (AvgIpc) is 3.29. The molecule has 0 atom stereocenters. The molecule has 45 heavy (non-hydrogen) atoms. The first-order chi connectivity index (χ1) is 21.9. The Labute approximate surface area is 270 Å². The van der Waals surface area contributed by atoms with E-state index >= 15 is 0 Å². The van der Waals surface area contributed by atoms with Gasteiger partial charge in [0.2, 0.25) is 0 Å². The van der Waals surface area contributed by atoms with Crippen molar-refractivity contribution in [1.82, 2.24) is 0 Å². The topological polar surface area (TPSA) is 46.4 Å². The van der Waals surface area contributed by atoms with E-state index in [2.05, 4.69) is 110 Å². The summed E-state index contributed by atoms with van der Waals surface area (Å²) in [6.45, 7) is 4.61. The highest BCUT2D eigenvalue weighted by atomic mass is 32.2.